The Hall–Kier alpha value is -1.73. The molecule has 23 heavy (non-hydrogen) atoms. The summed E-state index contributed by atoms with van der Waals surface area (Å²) >= 11 is 1.21. The first-order valence-corrected chi connectivity index (χ1v) is 8.59. The molecule has 124 valence electrons. The molecule has 3 rings (SSSR count). The Morgan fingerprint density at radius 3 is 2.57 bits per heavy atom. The monoisotopic (exact) mass is 336 g/mol. The van der Waals surface area contributed by atoms with Crippen molar-refractivity contribution in [3.63, 3.8) is 0 Å². The molecule has 1 saturated heterocycles. The zero-order valence-corrected chi connectivity index (χ0v) is 14.3. The van der Waals surface area contributed by atoms with E-state index in [9.17, 15) is 14.4 Å². The highest BCUT2D eigenvalue weighted by Gasteiger charge is 2.24. The predicted molar refractivity (Wildman–Crippen MR) is 89.7 cm³/mol. The number of carbonyl (C=O) groups excluding carboxylic acids is 1. The molecule has 0 amide bonds. The van der Waals surface area contributed by atoms with Crippen LogP contribution in [0.4, 0.5) is 0 Å². The number of aryl methyl sites for hydroxylation is 1. The first-order valence-electron chi connectivity index (χ1n) is 7.77. The van der Waals surface area contributed by atoms with Gasteiger partial charge in [-0.2, -0.15) is 0 Å². The number of ether oxygens (including phenoxy) is 1. The summed E-state index contributed by atoms with van der Waals surface area (Å²) < 4.78 is 8.34. The minimum atomic E-state index is -0.314. The van der Waals surface area contributed by atoms with Crippen LogP contribution in [0.25, 0.3) is 10.2 Å². The minimum Gasteiger partial charge on any atom is -0.376 e. The fourth-order valence-corrected chi connectivity index (χ4v) is 3.96. The van der Waals surface area contributed by atoms with E-state index in [0.717, 1.165) is 12.7 Å². The third kappa shape index (κ3) is 2.68. The van der Waals surface area contributed by atoms with Crippen LogP contribution in [0.2, 0.25) is 0 Å². The summed E-state index contributed by atoms with van der Waals surface area (Å²) in [7, 11) is 0. The first-order chi connectivity index (χ1) is 10.9. The molecule has 2 aromatic heterocycles. The summed E-state index contributed by atoms with van der Waals surface area (Å²) in [6, 6.07) is 0. The molecule has 1 aliphatic heterocycles. The zero-order valence-electron chi connectivity index (χ0n) is 13.5. The Balaban J connectivity index is 2.31. The Morgan fingerprint density at radius 2 is 2.04 bits per heavy atom. The first kappa shape index (κ1) is 16.1. The van der Waals surface area contributed by atoms with Gasteiger partial charge in [0.1, 0.15) is 4.83 Å². The number of hydrogen-bond acceptors (Lipinski definition) is 5. The quantitative estimate of drug-likeness (QED) is 0.781. The van der Waals surface area contributed by atoms with E-state index in [1.54, 1.807) is 11.5 Å². The summed E-state index contributed by atoms with van der Waals surface area (Å²) in [6.45, 7) is 7.19. The van der Waals surface area contributed by atoms with Crippen molar-refractivity contribution in [2.24, 2.45) is 5.92 Å². The lowest BCUT2D eigenvalue weighted by Gasteiger charge is -2.27. The molecule has 0 spiro atoms. The van der Waals surface area contributed by atoms with Crippen LogP contribution in [-0.4, -0.2) is 28.1 Å². The van der Waals surface area contributed by atoms with E-state index in [1.165, 1.54) is 15.9 Å². The van der Waals surface area contributed by atoms with Gasteiger partial charge in [-0.3, -0.25) is 18.7 Å². The van der Waals surface area contributed by atoms with Crippen molar-refractivity contribution in [3.05, 3.63) is 31.3 Å². The maximum atomic E-state index is 12.8. The van der Waals surface area contributed by atoms with Crippen molar-refractivity contribution < 1.29 is 9.53 Å². The van der Waals surface area contributed by atoms with Crippen LogP contribution in [-0.2, 0) is 17.8 Å². The lowest BCUT2D eigenvalue weighted by atomic mass is 10.1. The Morgan fingerprint density at radius 1 is 1.35 bits per heavy atom. The minimum absolute atomic E-state index is 0.00277. The Bertz CT molecular complexity index is 871. The highest BCUT2D eigenvalue weighted by Crippen LogP contribution is 2.27. The van der Waals surface area contributed by atoms with Gasteiger partial charge in [-0.25, -0.2) is 4.79 Å². The van der Waals surface area contributed by atoms with Crippen molar-refractivity contribution in [3.8, 4) is 0 Å². The van der Waals surface area contributed by atoms with E-state index in [2.05, 4.69) is 0 Å². The van der Waals surface area contributed by atoms with Gasteiger partial charge in [0.05, 0.1) is 22.9 Å². The fourth-order valence-electron chi connectivity index (χ4n) is 2.84. The van der Waals surface area contributed by atoms with Gasteiger partial charge in [-0.15, -0.1) is 11.3 Å². The van der Waals surface area contributed by atoms with E-state index < -0.39 is 0 Å². The third-order valence-electron chi connectivity index (χ3n) is 4.17. The molecular weight excluding hydrogens is 316 g/mol. The van der Waals surface area contributed by atoms with Crippen LogP contribution < -0.4 is 11.2 Å². The van der Waals surface area contributed by atoms with Crippen molar-refractivity contribution in [1.29, 1.82) is 0 Å². The van der Waals surface area contributed by atoms with Gasteiger partial charge in [0.15, 0.2) is 6.29 Å². The number of nitrogens with zero attached hydrogens (tertiary/aromatic N) is 2. The van der Waals surface area contributed by atoms with Crippen molar-refractivity contribution in [2.75, 3.05) is 6.61 Å². The molecule has 0 saturated carbocycles. The van der Waals surface area contributed by atoms with Crippen LogP contribution in [0.3, 0.4) is 0 Å². The SMILES string of the molecule is Cc1c(C=O)sc2c1c(=O)n(CC(C)C)c(=O)n2CC1CCO1. The number of hydrogen-bond donors (Lipinski definition) is 0. The van der Waals surface area contributed by atoms with Gasteiger partial charge in [0.2, 0.25) is 0 Å². The second-order valence-electron chi connectivity index (χ2n) is 6.37. The van der Waals surface area contributed by atoms with Crippen LogP contribution in [0.15, 0.2) is 9.59 Å². The maximum absolute atomic E-state index is 12.8. The van der Waals surface area contributed by atoms with Gasteiger partial charge in [0.25, 0.3) is 5.56 Å². The average Bonchev–Trinajstić information content (AvgIpc) is 2.78. The molecule has 1 unspecified atom stereocenters. The molecular formula is C16H20N2O4S. The molecule has 6 nitrogen and oxygen atoms in total. The Kier molecular flexibility index (Phi) is 4.25. The number of carbonyl (C=O) groups is 1. The highest BCUT2D eigenvalue weighted by molar-refractivity contribution is 7.20. The molecule has 0 N–H and O–H groups in total. The van der Waals surface area contributed by atoms with Crippen molar-refractivity contribution in [2.45, 2.75) is 46.4 Å². The molecule has 3 heterocycles. The second kappa shape index (κ2) is 6.05. The van der Waals surface area contributed by atoms with E-state index in [0.29, 0.717) is 40.4 Å². The number of thiophene rings is 1. The molecule has 2 aromatic rings. The summed E-state index contributed by atoms with van der Waals surface area (Å²) in [5.74, 6) is 0.177. The maximum Gasteiger partial charge on any atom is 0.332 e. The lowest BCUT2D eigenvalue weighted by Crippen LogP contribution is -2.44. The third-order valence-corrected chi connectivity index (χ3v) is 5.41. The predicted octanol–water partition coefficient (Wildman–Crippen LogP) is 1.79. The van der Waals surface area contributed by atoms with Gasteiger partial charge < -0.3 is 4.74 Å². The molecule has 0 aromatic carbocycles. The molecule has 7 heteroatoms. The summed E-state index contributed by atoms with van der Waals surface area (Å²) in [4.78, 5) is 37.9. The zero-order chi connectivity index (χ0) is 16.7. The number of aldehydes is 1. The Labute approximate surface area is 137 Å². The van der Waals surface area contributed by atoms with Crippen LogP contribution in [0, 0.1) is 12.8 Å². The summed E-state index contributed by atoms with van der Waals surface area (Å²) in [6.07, 6.45) is 1.66. The van der Waals surface area contributed by atoms with Gasteiger partial charge >= 0.3 is 5.69 Å². The summed E-state index contributed by atoms with van der Waals surface area (Å²) in [5, 5.41) is 0.483. The number of rotatable bonds is 5. The van der Waals surface area contributed by atoms with E-state index in [1.807, 2.05) is 13.8 Å². The number of aromatic nitrogens is 2. The molecule has 1 atom stereocenters. The molecule has 0 aliphatic carbocycles. The fraction of sp³-hybridized carbons (Fsp3) is 0.562. The smallest absolute Gasteiger partial charge is 0.332 e. The van der Waals surface area contributed by atoms with E-state index >= 15 is 0 Å². The largest absolute Gasteiger partial charge is 0.376 e. The molecule has 0 radical (unpaired) electrons. The average molecular weight is 336 g/mol. The highest BCUT2D eigenvalue weighted by atomic mass is 32.1. The van der Waals surface area contributed by atoms with E-state index in [-0.39, 0.29) is 23.3 Å². The summed E-state index contributed by atoms with van der Waals surface area (Å²) in [5.41, 5.74) is 0.0440. The van der Waals surface area contributed by atoms with Gasteiger partial charge in [-0.05, 0) is 24.8 Å². The normalized spacial score (nSPS) is 17.7. The van der Waals surface area contributed by atoms with Crippen LogP contribution in [0.1, 0.15) is 35.5 Å². The topological polar surface area (TPSA) is 70.3 Å². The standard InChI is InChI=1S/C16H20N2O4S/c1-9(2)6-17-14(20)13-10(3)12(8-19)23-15(13)18(16(17)21)7-11-4-5-22-11/h8-9,11H,4-7H2,1-3H3. The molecule has 1 fully saturated rings. The molecule has 1 aliphatic rings. The van der Waals surface area contributed by atoms with Crippen LogP contribution in [0.5, 0.6) is 0 Å². The van der Waals surface area contributed by atoms with Crippen LogP contribution >= 0.6 is 11.3 Å². The lowest BCUT2D eigenvalue weighted by molar-refractivity contribution is -0.0593. The number of fused-ring (bicyclic) bond motifs is 1. The van der Waals surface area contributed by atoms with Gasteiger partial charge in [0, 0.05) is 13.2 Å². The van der Waals surface area contributed by atoms with E-state index in [4.69, 9.17) is 4.74 Å². The van der Waals surface area contributed by atoms with Gasteiger partial charge in [-0.1, -0.05) is 13.8 Å². The molecule has 0 bridgehead atoms. The van der Waals surface area contributed by atoms with Crippen molar-refractivity contribution in [1.82, 2.24) is 9.13 Å². The second-order valence-corrected chi connectivity index (χ2v) is 7.40. The van der Waals surface area contributed by atoms with Crippen molar-refractivity contribution >= 4 is 27.8 Å².